The van der Waals surface area contributed by atoms with Crippen LogP contribution in [0.4, 0.5) is 0 Å². The Kier molecular flexibility index (Phi) is 2.94. The Labute approximate surface area is 79.5 Å². The highest BCUT2D eigenvalue weighted by molar-refractivity contribution is 6.67. The zero-order valence-electron chi connectivity index (χ0n) is 6.25. The lowest BCUT2D eigenvalue weighted by atomic mass is 10.4. The Morgan fingerprint density at radius 2 is 2.50 bits per heavy atom. The van der Waals surface area contributed by atoms with Gasteiger partial charge in [0, 0.05) is 11.8 Å². The van der Waals surface area contributed by atoms with Crippen molar-refractivity contribution in [2.75, 3.05) is 13.7 Å². The molecule has 0 aromatic carbocycles. The first kappa shape index (κ1) is 9.35. The van der Waals surface area contributed by atoms with Crippen LogP contribution in [0, 0.1) is 0 Å². The van der Waals surface area contributed by atoms with Gasteiger partial charge in [0.1, 0.15) is 5.70 Å². The number of esters is 1. The molecule has 0 aromatic rings. The summed E-state index contributed by atoms with van der Waals surface area (Å²) in [4.78, 5) is 14.6. The van der Waals surface area contributed by atoms with Crippen LogP contribution >= 0.6 is 23.4 Å². The minimum absolute atomic E-state index is 0.0690. The fourth-order valence-corrected chi connectivity index (χ4v) is 0.942. The van der Waals surface area contributed by atoms with Gasteiger partial charge in [-0.2, -0.15) is 0 Å². The van der Waals surface area contributed by atoms with Gasteiger partial charge < -0.3 is 4.74 Å². The summed E-state index contributed by atoms with van der Waals surface area (Å²) >= 11 is 11.1. The van der Waals surface area contributed by atoms with E-state index < -0.39 is 5.97 Å². The van der Waals surface area contributed by atoms with E-state index in [-0.39, 0.29) is 11.0 Å². The average Bonchev–Trinajstić information content (AvgIpc) is 2.08. The van der Waals surface area contributed by atoms with Crippen molar-refractivity contribution in [3.63, 3.8) is 0 Å². The van der Waals surface area contributed by atoms with E-state index in [9.17, 15) is 4.79 Å². The number of methoxy groups -OCH3 is 1. The first-order chi connectivity index (χ1) is 5.65. The standard InChI is InChI=1S/C6H6Cl2N2O2/c1-12-5(11)4-2-3-10(8)6(7)9-4/h2H,3H2,1H3. The highest BCUT2D eigenvalue weighted by atomic mass is 35.5. The van der Waals surface area contributed by atoms with Gasteiger partial charge >= 0.3 is 5.97 Å². The Hall–Kier alpha value is -0.740. The molecule has 6 heteroatoms. The molecule has 1 aliphatic rings. The maximum absolute atomic E-state index is 10.9. The Morgan fingerprint density at radius 3 is 3.00 bits per heavy atom. The summed E-state index contributed by atoms with van der Waals surface area (Å²) < 4.78 is 5.63. The summed E-state index contributed by atoms with van der Waals surface area (Å²) in [6.45, 7) is 0.342. The van der Waals surface area contributed by atoms with E-state index in [1.54, 1.807) is 0 Å². The minimum Gasteiger partial charge on any atom is -0.464 e. The smallest absolute Gasteiger partial charge is 0.356 e. The lowest BCUT2D eigenvalue weighted by Gasteiger charge is -2.15. The second-order valence-corrected chi connectivity index (χ2v) is 2.75. The van der Waals surface area contributed by atoms with Gasteiger partial charge in [0.2, 0.25) is 5.29 Å². The lowest BCUT2D eigenvalue weighted by Crippen LogP contribution is -2.22. The van der Waals surface area contributed by atoms with Gasteiger partial charge in [0.15, 0.2) is 0 Å². The molecule has 0 radical (unpaired) electrons. The molecule has 0 spiro atoms. The van der Waals surface area contributed by atoms with E-state index in [1.165, 1.54) is 17.6 Å². The lowest BCUT2D eigenvalue weighted by molar-refractivity contribution is -0.136. The van der Waals surface area contributed by atoms with Crippen LogP contribution in [-0.4, -0.2) is 29.3 Å². The van der Waals surface area contributed by atoms with Gasteiger partial charge in [-0.05, 0) is 17.7 Å². The summed E-state index contributed by atoms with van der Waals surface area (Å²) in [7, 11) is 1.28. The molecule has 1 heterocycles. The van der Waals surface area contributed by atoms with Gasteiger partial charge in [0.25, 0.3) is 0 Å². The topological polar surface area (TPSA) is 41.9 Å². The number of halogens is 2. The number of carbonyl (C=O) groups excluding carboxylic acids is 1. The van der Waals surface area contributed by atoms with Crippen LogP contribution in [0.3, 0.4) is 0 Å². The van der Waals surface area contributed by atoms with Crippen LogP contribution in [0.5, 0.6) is 0 Å². The fraction of sp³-hybridized carbons (Fsp3) is 0.333. The zero-order chi connectivity index (χ0) is 9.14. The predicted molar refractivity (Wildman–Crippen MR) is 45.9 cm³/mol. The number of rotatable bonds is 1. The third-order valence-electron chi connectivity index (χ3n) is 1.25. The number of nitrogens with zero attached hydrogens (tertiary/aromatic N) is 2. The number of hydrogen-bond donors (Lipinski definition) is 0. The Balaban J connectivity index is 2.78. The molecule has 0 amide bonds. The molecule has 0 atom stereocenters. The molecule has 1 aliphatic heterocycles. The molecule has 0 bridgehead atoms. The molecule has 12 heavy (non-hydrogen) atoms. The van der Waals surface area contributed by atoms with E-state index in [1.807, 2.05) is 0 Å². The van der Waals surface area contributed by atoms with Crippen molar-refractivity contribution < 1.29 is 9.53 Å². The summed E-state index contributed by atoms with van der Waals surface area (Å²) in [5.74, 6) is -0.516. The summed E-state index contributed by atoms with van der Waals surface area (Å²) in [5.41, 5.74) is 0.180. The molecule has 66 valence electrons. The van der Waals surface area contributed by atoms with Crippen LogP contribution in [0.15, 0.2) is 16.8 Å². The third kappa shape index (κ3) is 1.89. The van der Waals surface area contributed by atoms with Crippen molar-refractivity contribution in [3.05, 3.63) is 11.8 Å². The van der Waals surface area contributed by atoms with Crippen LogP contribution in [0.25, 0.3) is 0 Å². The minimum atomic E-state index is -0.516. The molecule has 0 saturated heterocycles. The molecule has 0 aliphatic carbocycles. The van der Waals surface area contributed by atoms with E-state index >= 15 is 0 Å². The van der Waals surface area contributed by atoms with Gasteiger partial charge in [-0.1, -0.05) is 0 Å². The van der Waals surface area contributed by atoms with Crippen molar-refractivity contribution >= 4 is 34.6 Å². The maximum atomic E-state index is 10.9. The van der Waals surface area contributed by atoms with Gasteiger partial charge in [-0.3, -0.25) is 4.42 Å². The third-order valence-corrected chi connectivity index (χ3v) is 1.93. The van der Waals surface area contributed by atoms with E-state index in [2.05, 4.69) is 9.73 Å². The largest absolute Gasteiger partial charge is 0.464 e. The monoisotopic (exact) mass is 208 g/mol. The molecule has 0 unspecified atom stereocenters. The number of amidine groups is 1. The molecule has 0 fully saturated rings. The molecule has 0 N–H and O–H groups in total. The molecular formula is C6H6Cl2N2O2. The Bertz CT molecular complexity index is 262. The van der Waals surface area contributed by atoms with Crippen molar-refractivity contribution in [1.29, 1.82) is 0 Å². The first-order valence-corrected chi connectivity index (χ1v) is 3.82. The van der Waals surface area contributed by atoms with Gasteiger partial charge in [-0.15, -0.1) is 0 Å². The fourth-order valence-electron chi connectivity index (χ4n) is 0.675. The van der Waals surface area contributed by atoms with Crippen LogP contribution in [0.1, 0.15) is 0 Å². The van der Waals surface area contributed by atoms with Crippen molar-refractivity contribution in [2.24, 2.45) is 4.99 Å². The number of carbonyl (C=O) groups is 1. The maximum Gasteiger partial charge on any atom is 0.356 e. The van der Waals surface area contributed by atoms with E-state index in [4.69, 9.17) is 23.4 Å². The molecule has 1 rings (SSSR count). The van der Waals surface area contributed by atoms with Crippen LogP contribution in [-0.2, 0) is 9.53 Å². The molecular weight excluding hydrogens is 203 g/mol. The normalized spacial score (nSPS) is 16.8. The van der Waals surface area contributed by atoms with Gasteiger partial charge in [-0.25, -0.2) is 9.79 Å². The van der Waals surface area contributed by atoms with Crippen LogP contribution < -0.4 is 0 Å². The van der Waals surface area contributed by atoms with Crippen LogP contribution in [0.2, 0.25) is 0 Å². The Morgan fingerprint density at radius 1 is 1.83 bits per heavy atom. The second kappa shape index (κ2) is 3.78. The van der Waals surface area contributed by atoms with Crippen molar-refractivity contribution in [3.8, 4) is 0 Å². The molecule has 0 aromatic heterocycles. The highest BCUT2D eigenvalue weighted by Crippen LogP contribution is 2.13. The van der Waals surface area contributed by atoms with Gasteiger partial charge in [0.05, 0.1) is 13.7 Å². The van der Waals surface area contributed by atoms with Crippen molar-refractivity contribution in [1.82, 2.24) is 4.42 Å². The van der Waals surface area contributed by atoms with E-state index in [0.29, 0.717) is 6.54 Å². The van der Waals surface area contributed by atoms with Crippen molar-refractivity contribution in [2.45, 2.75) is 0 Å². The molecule has 0 saturated carbocycles. The predicted octanol–water partition coefficient (Wildman–Crippen LogP) is 1.11. The number of hydrogen-bond acceptors (Lipinski definition) is 4. The van der Waals surface area contributed by atoms with E-state index in [0.717, 1.165) is 0 Å². The second-order valence-electron chi connectivity index (χ2n) is 2.01. The quantitative estimate of drug-likeness (QED) is 0.369. The SMILES string of the molecule is COC(=O)C1=CCN(Cl)C(Cl)=N1. The average molecular weight is 209 g/mol. The summed E-state index contributed by atoms with van der Waals surface area (Å²) in [6, 6.07) is 0. The summed E-state index contributed by atoms with van der Waals surface area (Å²) in [6.07, 6.45) is 1.53. The molecule has 4 nitrogen and oxygen atoms in total. The summed E-state index contributed by atoms with van der Waals surface area (Å²) in [5, 5.41) is 0.0690. The highest BCUT2D eigenvalue weighted by Gasteiger charge is 2.16. The zero-order valence-corrected chi connectivity index (χ0v) is 7.76. The number of aliphatic imine (C=N–C) groups is 1. The number of ether oxygens (including phenoxy) is 1. The first-order valence-electron chi connectivity index (χ1n) is 3.11.